The van der Waals surface area contributed by atoms with Crippen molar-refractivity contribution in [2.45, 2.75) is 58.0 Å². The number of hydrogen-bond donors (Lipinski definition) is 3. The smallest absolute Gasteiger partial charge is 0.222 e. The number of aliphatic imine (C=N–C) groups is 1. The number of nitrogens with one attached hydrogen (secondary N) is 3. The second kappa shape index (κ2) is 10.7. The van der Waals surface area contributed by atoms with E-state index in [2.05, 4.69) is 25.5 Å². The summed E-state index contributed by atoms with van der Waals surface area (Å²) in [6.07, 6.45) is 10.6. The van der Waals surface area contributed by atoms with Gasteiger partial charge in [-0.3, -0.25) is 9.79 Å². The van der Waals surface area contributed by atoms with E-state index in [9.17, 15) is 4.79 Å². The zero-order chi connectivity index (χ0) is 17.0. The second-order valence-corrected chi connectivity index (χ2v) is 6.26. The molecule has 6 nitrogen and oxygen atoms in total. The Hall–Kier alpha value is -1.98. The van der Waals surface area contributed by atoms with Crippen molar-refractivity contribution < 1.29 is 4.79 Å². The number of guanidine groups is 1. The summed E-state index contributed by atoms with van der Waals surface area (Å²) < 4.78 is 2.12. The molecule has 1 aromatic rings. The van der Waals surface area contributed by atoms with Crippen LogP contribution in [0.2, 0.25) is 0 Å². The van der Waals surface area contributed by atoms with Crippen molar-refractivity contribution in [3.05, 3.63) is 24.5 Å². The van der Waals surface area contributed by atoms with Crippen LogP contribution in [-0.2, 0) is 11.3 Å². The fourth-order valence-electron chi connectivity index (χ4n) is 2.98. The van der Waals surface area contributed by atoms with Crippen LogP contribution in [0.15, 0.2) is 29.5 Å². The molecular weight excluding hydrogens is 302 g/mol. The lowest BCUT2D eigenvalue weighted by Crippen LogP contribution is -2.39. The van der Waals surface area contributed by atoms with E-state index < -0.39 is 0 Å². The second-order valence-electron chi connectivity index (χ2n) is 6.26. The van der Waals surface area contributed by atoms with E-state index in [0.29, 0.717) is 19.0 Å². The Bertz CT molecular complexity index is 492. The largest absolute Gasteiger partial charge is 0.357 e. The Morgan fingerprint density at radius 2 is 1.92 bits per heavy atom. The summed E-state index contributed by atoms with van der Waals surface area (Å²) in [6.45, 7) is 5.05. The predicted molar refractivity (Wildman–Crippen MR) is 98.0 cm³/mol. The molecule has 1 fully saturated rings. The molecule has 24 heavy (non-hydrogen) atoms. The minimum Gasteiger partial charge on any atom is -0.357 e. The summed E-state index contributed by atoms with van der Waals surface area (Å²) in [6, 6.07) is 4.41. The first kappa shape index (κ1) is 18.4. The van der Waals surface area contributed by atoms with E-state index in [1.54, 1.807) is 0 Å². The lowest BCUT2D eigenvalue weighted by molar-refractivity contribution is -0.121. The van der Waals surface area contributed by atoms with Crippen molar-refractivity contribution in [3.63, 3.8) is 0 Å². The lowest BCUT2D eigenvalue weighted by Gasteiger charge is -2.22. The highest BCUT2D eigenvalue weighted by molar-refractivity contribution is 5.80. The Morgan fingerprint density at radius 3 is 2.62 bits per heavy atom. The van der Waals surface area contributed by atoms with Crippen LogP contribution >= 0.6 is 0 Å². The third-order valence-electron chi connectivity index (χ3n) is 4.25. The van der Waals surface area contributed by atoms with Crippen LogP contribution in [0, 0.1) is 0 Å². The number of carbonyl (C=O) groups excluding carboxylic acids is 1. The van der Waals surface area contributed by atoms with Gasteiger partial charge in [0.2, 0.25) is 5.91 Å². The fourth-order valence-corrected chi connectivity index (χ4v) is 2.98. The topological polar surface area (TPSA) is 70.4 Å². The SMILES string of the molecule is CCNC(=NCCC(=O)NC1CCCCC1)NCCn1cccc1. The van der Waals surface area contributed by atoms with Gasteiger partial charge in [-0.15, -0.1) is 0 Å². The van der Waals surface area contributed by atoms with E-state index >= 15 is 0 Å². The van der Waals surface area contributed by atoms with Crippen LogP contribution in [0.5, 0.6) is 0 Å². The van der Waals surface area contributed by atoms with Gasteiger partial charge in [0.15, 0.2) is 5.96 Å². The molecular formula is C18H31N5O. The summed E-state index contributed by atoms with van der Waals surface area (Å²) in [5.41, 5.74) is 0. The first-order chi connectivity index (χ1) is 11.8. The maximum absolute atomic E-state index is 12.0. The van der Waals surface area contributed by atoms with Crippen molar-refractivity contribution in [1.82, 2.24) is 20.5 Å². The first-order valence-electron chi connectivity index (χ1n) is 9.20. The summed E-state index contributed by atoms with van der Waals surface area (Å²) >= 11 is 0. The molecule has 1 amide bonds. The van der Waals surface area contributed by atoms with Gasteiger partial charge in [-0.2, -0.15) is 0 Å². The molecule has 6 heteroatoms. The molecule has 1 aliphatic carbocycles. The zero-order valence-electron chi connectivity index (χ0n) is 14.8. The van der Waals surface area contributed by atoms with Gasteiger partial charge in [0.25, 0.3) is 0 Å². The molecule has 2 rings (SSSR count). The molecule has 0 unspecified atom stereocenters. The molecule has 0 aliphatic heterocycles. The average Bonchev–Trinajstić information content (AvgIpc) is 3.09. The third kappa shape index (κ3) is 7.06. The molecule has 0 radical (unpaired) electrons. The highest BCUT2D eigenvalue weighted by Gasteiger charge is 2.15. The van der Waals surface area contributed by atoms with E-state index in [0.717, 1.165) is 38.4 Å². The third-order valence-corrected chi connectivity index (χ3v) is 4.25. The van der Waals surface area contributed by atoms with Crippen LogP contribution in [0.4, 0.5) is 0 Å². The number of nitrogens with zero attached hydrogens (tertiary/aromatic N) is 2. The number of amides is 1. The molecule has 1 aliphatic rings. The van der Waals surface area contributed by atoms with Gasteiger partial charge in [-0.05, 0) is 31.9 Å². The number of hydrogen-bond acceptors (Lipinski definition) is 2. The van der Waals surface area contributed by atoms with Crippen molar-refractivity contribution in [2.75, 3.05) is 19.6 Å². The van der Waals surface area contributed by atoms with Gasteiger partial charge in [-0.25, -0.2) is 0 Å². The molecule has 3 N–H and O–H groups in total. The van der Waals surface area contributed by atoms with Crippen LogP contribution in [-0.4, -0.2) is 42.1 Å². The summed E-state index contributed by atoms with van der Waals surface area (Å²) in [4.78, 5) is 16.5. The van der Waals surface area contributed by atoms with Crippen molar-refractivity contribution >= 4 is 11.9 Å². The fraction of sp³-hybridized carbons (Fsp3) is 0.667. The number of rotatable bonds is 8. The van der Waals surface area contributed by atoms with Gasteiger partial charge in [0.1, 0.15) is 0 Å². The van der Waals surface area contributed by atoms with Crippen molar-refractivity contribution in [1.29, 1.82) is 0 Å². The standard InChI is InChI=1S/C18H31N5O/c1-2-19-18(21-12-15-23-13-6-7-14-23)20-11-10-17(24)22-16-8-4-3-5-9-16/h6-7,13-14,16H,2-5,8-12,15H2,1H3,(H,22,24)(H2,19,20,21). The minimum atomic E-state index is 0.119. The molecule has 0 aromatic carbocycles. The molecule has 0 spiro atoms. The highest BCUT2D eigenvalue weighted by atomic mass is 16.1. The summed E-state index contributed by atoms with van der Waals surface area (Å²) in [5.74, 6) is 0.893. The Kier molecular flexibility index (Phi) is 8.21. The molecule has 0 bridgehead atoms. The maximum atomic E-state index is 12.0. The Balaban J connectivity index is 1.66. The highest BCUT2D eigenvalue weighted by Crippen LogP contribution is 2.17. The minimum absolute atomic E-state index is 0.119. The average molecular weight is 333 g/mol. The molecule has 134 valence electrons. The summed E-state index contributed by atoms with van der Waals surface area (Å²) in [5, 5.41) is 9.65. The molecule has 0 atom stereocenters. The Labute approximate surface area is 145 Å². The van der Waals surface area contributed by atoms with Gasteiger partial charge in [0.05, 0.1) is 6.54 Å². The van der Waals surface area contributed by atoms with Crippen LogP contribution < -0.4 is 16.0 Å². The normalized spacial score (nSPS) is 16.0. The number of carbonyl (C=O) groups is 1. The van der Waals surface area contributed by atoms with E-state index in [4.69, 9.17) is 0 Å². The lowest BCUT2D eigenvalue weighted by atomic mass is 9.95. The van der Waals surface area contributed by atoms with Crippen molar-refractivity contribution in [3.8, 4) is 0 Å². The van der Waals surface area contributed by atoms with Crippen LogP contribution in [0.3, 0.4) is 0 Å². The molecule has 1 saturated carbocycles. The zero-order valence-corrected chi connectivity index (χ0v) is 14.8. The summed E-state index contributed by atoms with van der Waals surface area (Å²) in [7, 11) is 0. The van der Waals surface area contributed by atoms with Crippen LogP contribution in [0.25, 0.3) is 0 Å². The molecule has 1 aromatic heterocycles. The van der Waals surface area contributed by atoms with Gasteiger partial charge in [-0.1, -0.05) is 19.3 Å². The van der Waals surface area contributed by atoms with Gasteiger partial charge >= 0.3 is 0 Å². The van der Waals surface area contributed by atoms with Crippen LogP contribution in [0.1, 0.15) is 45.4 Å². The quantitative estimate of drug-likeness (QED) is 0.502. The van der Waals surface area contributed by atoms with Gasteiger partial charge < -0.3 is 20.5 Å². The first-order valence-corrected chi connectivity index (χ1v) is 9.20. The monoisotopic (exact) mass is 333 g/mol. The van der Waals surface area contributed by atoms with Crippen molar-refractivity contribution in [2.24, 2.45) is 4.99 Å². The number of aromatic nitrogens is 1. The van der Waals surface area contributed by atoms with Gasteiger partial charge in [0, 0.05) is 44.5 Å². The predicted octanol–water partition coefficient (Wildman–Crippen LogP) is 1.88. The Morgan fingerprint density at radius 1 is 1.17 bits per heavy atom. The van der Waals surface area contributed by atoms with E-state index in [1.165, 1.54) is 19.3 Å². The van der Waals surface area contributed by atoms with E-state index in [1.807, 2.05) is 31.5 Å². The molecule has 1 heterocycles. The van der Waals surface area contributed by atoms with E-state index in [-0.39, 0.29) is 5.91 Å². The molecule has 0 saturated heterocycles. The maximum Gasteiger partial charge on any atom is 0.222 e.